The molecule has 0 spiro atoms. The van der Waals surface area contributed by atoms with Crippen molar-refractivity contribution in [2.45, 2.75) is 22.4 Å². The normalized spacial score (nSPS) is 19.3. The van der Waals surface area contributed by atoms with Gasteiger partial charge >= 0.3 is 0 Å². The van der Waals surface area contributed by atoms with Gasteiger partial charge in [-0.25, -0.2) is 9.97 Å². The van der Waals surface area contributed by atoms with Gasteiger partial charge in [0.25, 0.3) is 0 Å². The number of benzene rings is 1. The maximum absolute atomic E-state index is 8.81. The van der Waals surface area contributed by atoms with Crippen molar-refractivity contribution in [3.05, 3.63) is 59.5 Å². The molecule has 2 aromatic heterocycles. The predicted octanol–water partition coefficient (Wildman–Crippen LogP) is 4.14. The first-order valence-corrected chi connectivity index (χ1v) is 9.64. The van der Waals surface area contributed by atoms with Crippen LogP contribution >= 0.6 is 23.4 Å². The largest absolute Gasteiger partial charge is 0.409 e. The second-order valence-electron chi connectivity index (χ2n) is 6.52. The number of aryl methyl sites for hydroxylation is 1. The van der Waals surface area contributed by atoms with Crippen molar-refractivity contribution in [1.82, 2.24) is 14.5 Å². The molecule has 1 aromatic carbocycles. The lowest BCUT2D eigenvalue weighted by atomic mass is 10.1. The lowest BCUT2D eigenvalue weighted by molar-refractivity contribution is 0.316. The van der Waals surface area contributed by atoms with Crippen LogP contribution in [0.5, 0.6) is 0 Å². The van der Waals surface area contributed by atoms with E-state index in [0.717, 1.165) is 27.7 Å². The van der Waals surface area contributed by atoms with E-state index in [1.165, 1.54) is 5.56 Å². The molecule has 0 saturated heterocycles. The second-order valence-corrected chi connectivity index (χ2v) is 7.97. The average molecular weight is 400 g/mol. The SMILES string of the molecule is Cn1cnc(-c2ccc([C@H]3C[C@@H]3/C(N)=N/O)cc2)c1Sc1ccc(Cl)cn1. The van der Waals surface area contributed by atoms with E-state index in [4.69, 9.17) is 22.5 Å². The summed E-state index contributed by atoms with van der Waals surface area (Å²) in [6.07, 6.45) is 4.36. The molecular formula is C19H18ClN5OS. The van der Waals surface area contributed by atoms with E-state index in [2.05, 4.69) is 39.4 Å². The standard InChI is InChI=1S/C19H18ClN5OS/c1-25-10-23-17(19(25)27-16-7-6-13(20)9-22-16)12-4-2-11(3-5-12)14-8-15(14)18(21)24-26/h2-7,9-10,14-15,26H,8H2,1H3,(H2,21,24)/t14-,15+/m1/s1. The molecule has 4 rings (SSSR count). The highest BCUT2D eigenvalue weighted by atomic mass is 35.5. The van der Waals surface area contributed by atoms with Crippen LogP contribution in [0.1, 0.15) is 17.9 Å². The third kappa shape index (κ3) is 3.65. The zero-order valence-electron chi connectivity index (χ0n) is 14.6. The van der Waals surface area contributed by atoms with Gasteiger partial charge in [-0.15, -0.1) is 0 Å². The van der Waals surface area contributed by atoms with E-state index in [1.807, 2.05) is 23.7 Å². The average Bonchev–Trinajstić information content (AvgIpc) is 3.41. The molecule has 1 aliphatic rings. The Bertz CT molecular complexity index is 984. The maximum atomic E-state index is 8.81. The van der Waals surface area contributed by atoms with Crippen LogP contribution in [0, 0.1) is 5.92 Å². The van der Waals surface area contributed by atoms with Crippen molar-refractivity contribution < 1.29 is 5.21 Å². The van der Waals surface area contributed by atoms with Gasteiger partial charge in [-0.05, 0) is 41.8 Å². The molecule has 6 nitrogen and oxygen atoms in total. The number of amidine groups is 1. The number of pyridine rings is 1. The van der Waals surface area contributed by atoms with Crippen LogP contribution in [0.15, 0.2) is 64.1 Å². The summed E-state index contributed by atoms with van der Waals surface area (Å²) in [5.74, 6) is 0.770. The molecule has 0 amide bonds. The molecule has 1 fully saturated rings. The number of hydrogen-bond donors (Lipinski definition) is 2. The number of aromatic nitrogens is 3. The van der Waals surface area contributed by atoms with Gasteiger partial charge in [0, 0.05) is 24.7 Å². The van der Waals surface area contributed by atoms with Gasteiger partial charge in [-0.2, -0.15) is 0 Å². The van der Waals surface area contributed by atoms with Crippen LogP contribution < -0.4 is 5.73 Å². The summed E-state index contributed by atoms with van der Waals surface area (Å²) in [4.78, 5) is 8.92. The maximum Gasteiger partial charge on any atom is 0.142 e. The summed E-state index contributed by atoms with van der Waals surface area (Å²) >= 11 is 7.47. The molecule has 2 heterocycles. The fourth-order valence-electron chi connectivity index (χ4n) is 3.11. The first-order valence-electron chi connectivity index (χ1n) is 8.45. The van der Waals surface area contributed by atoms with Crippen molar-refractivity contribution in [1.29, 1.82) is 0 Å². The molecule has 138 valence electrons. The minimum Gasteiger partial charge on any atom is -0.409 e. The van der Waals surface area contributed by atoms with Crippen LogP contribution in [-0.4, -0.2) is 25.6 Å². The van der Waals surface area contributed by atoms with Crippen molar-refractivity contribution >= 4 is 29.2 Å². The molecule has 1 aliphatic carbocycles. The molecule has 0 radical (unpaired) electrons. The highest BCUT2D eigenvalue weighted by molar-refractivity contribution is 7.99. The van der Waals surface area contributed by atoms with Crippen molar-refractivity contribution in [3.63, 3.8) is 0 Å². The van der Waals surface area contributed by atoms with Crippen molar-refractivity contribution in [3.8, 4) is 11.3 Å². The van der Waals surface area contributed by atoms with Gasteiger partial charge in [0.05, 0.1) is 11.3 Å². The summed E-state index contributed by atoms with van der Waals surface area (Å²) in [7, 11) is 1.97. The second kappa shape index (κ2) is 7.25. The minimum absolute atomic E-state index is 0.137. The summed E-state index contributed by atoms with van der Waals surface area (Å²) in [6.45, 7) is 0. The van der Waals surface area contributed by atoms with Crippen LogP contribution in [0.25, 0.3) is 11.3 Å². The Morgan fingerprint density at radius 1 is 1.26 bits per heavy atom. The first kappa shape index (κ1) is 17.9. The summed E-state index contributed by atoms with van der Waals surface area (Å²) in [5.41, 5.74) is 8.85. The predicted molar refractivity (Wildman–Crippen MR) is 106 cm³/mol. The molecule has 3 aromatic rings. The number of oxime groups is 1. The Morgan fingerprint density at radius 3 is 2.70 bits per heavy atom. The number of nitrogens with zero attached hydrogens (tertiary/aromatic N) is 4. The van der Waals surface area contributed by atoms with Crippen molar-refractivity contribution in [2.24, 2.45) is 23.9 Å². The summed E-state index contributed by atoms with van der Waals surface area (Å²) < 4.78 is 1.99. The van der Waals surface area contributed by atoms with Gasteiger partial charge in [0.1, 0.15) is 21.6 Å². The summed E-state index contributed by atoms with van der Waals surface area (Å²) in [6, 6.07) is 12.0. The van der Waals surface area contributed by atoms with E-state index in [0.29, 0.717) is 16.8 Å². The third-order valence-electron chi connectivity index (χ3n) is 4.68. The first-order chi connectivity index (χ1) is 13.1. The van der Waals surface area contributed by atoms with E-state index in [9.17, 15) is 0 Å². The van der Waals surface area contributed by atoms with Gasteiger partial charge < -0.3 is 15.5 Å². The Morgan fingerprint density at radius 2 is 2.04 bits per heavy atom. The molecule has 2 atom stereocenters. The minimum atomic E-state index is 0.137. The number of rotatable bonds is 5. The lowest BCUT2D eigenvalue weighted by Crippen LogP contribution is -2.14. The zero-order valence-corrected chi connectivity index (χ0v) is 16.2. The van der Waals surface area contributed by atoms with E-state index in [1.54, 1.807) is 24.3 Å². The van der Waals surface area contributed by atoms with Gasteiger partial charge in [0.2, 0.25) is 0 Å². The highest BCUT2D eigenvalue weighted by Crippen LogP contribution is 2.47. The Labute approximate surface area is 166 Å². The molecule has 1 saturated carbocycles. The molecule has 8 heteroatoms. The Kier molecular flexibility index (Phi) is 4.80. The number of hydrogen-bond acceptors (Lipinski definition) is 5. The fraction of sp³-hybridized carbons (Fsp3) is 0.211. The fourth-order valence-corrected chi connectivity index (χ4v) is 4.12. The topological polar surface area (TPSA) is 89.3 Å². The van der Waals surface area contributed by atoms with Gasteiger partial charge in [0.15, 0.2) is 0 Å². The quantitative estimate of drug-likeness (QED) is 0.291. The number of halogens is 1. The molecule has 0 bridgehead atoms. The lowest BCUT2D eigenvalue weighted by Gasteiger charge is -2.07. The molecular weight excluding hydrogens is 382 g/mol. The monoisotopic (exact) mass is 399 g/mol. The Balaban J connectivity index is 1.56. The Hall–Kier alpha value is -2.51. The van der Waals surface area contributed by atoms with Crippen LogP contribution in [0.3, 0.4) is 0 Å². The highest BCUT2D eigenvalue weighted by Gasteiger charge is 2.41. The van der Waals surface area contributed by atoms with E-state index in [-0.39, 0.29) is 5.92 Å². The molecule has 3 N–H and O–H groups in total. The van der Waals surface area contributed by atoms with Gasteiger partial charge in [-0.1, -0.05) is 41.0 Å². The van der Waals surface area contributed by atoms with Crippen LogP contribution in [0.4, 0.5) is 0 Å². The zero-order chi connectivity index (χ0) is 19.0. The number of imidazole rings is 1. The third-order valence-corrected chi connectivity index (χ3v) is 6.03. The smallest absolute Gasteiger partial charge is 0.142 e. The molecule has 27 heavy (non-hydrogen) atoms. The molecule has 0 unspecified atom stereocenters. The van der Waals surface area contributed by atoms with E-state index < -0.39 is 0 Å². The van der Waals surface area contributed by atoms with E-state index >= 15 is 0 Å². The van der Waals surface area contributed by atoms with Crippen LogP contribution in [0.2, 0.25) is 5.02 Å². The number of nitrogens with two attached hydrogens (primary N) is 1. The molecule has 0 aliphatic heterocycles. The summed E-state index contributed by atoms with van der Waals surface area (Å²) in [5, 5.41) is 14.4. The van der Waals surface area contributed by atoms with Gasteiger partial charge in [-0.3, -0.25) is 0 Å². The van der Waals surface area contributed by atoms with Crippen molar-refractivity contribution in [2.75, 3.05) is 0 Å². The van der Waals surface area contributed by atoms with Crippen LogP contribution in [-0.2, 0) is 7.05 Å².